The Balaban J connectivity index is 0.00000441. The van der Waals surface area contributed by atoms with Crippen molar-refractivity contribution in [3.8, 4) is 0 Å². The summed E-state index contributed by atoms with van der Waals surface area (Å²) in [6.45, 7) is 4.28. The molecule has 7 heteroatoms. The molecule has 2 N–H and O–H groups in total. The standard InChI is InChI=1S/C15H31N3O2S.HI/c1-16-15(17-8-3-4-12-21-2)18-9-6-10-19-13-14-7-5-11-20-14;/h14H,3-13H2,1-2H3,(H2,16,17,18);1H. The average molecular weight is 445 g/mol. The summed E-state index contributed by atoms with van der Waals surface area (Å²) in [7, 11) is 1.81. The topological polar surface area (TPSA) is 54.9 Å². The predicted octanol–water partition coefficient (Wildman–Crippen LogP) is 2.50. The fourth-order valence-electron chi connectivity index (χ4n) is 2.17. The molecule has 1 aliphatic rings. The van der Waals surface area contributed by atoms with E-state index in [0.717, 1.165) is 51.7 Å². The van der Waals surface area contributed by atoms with Gasteiger partial charge in [-0.15, -0.1) is 24.0 Å². The molecule has 0 aromatic carbocycles. The van der Waals surface area contributed by atoms with Gasteiger partial charge < -0.3 is 20.1 Å². The highest BCUT2D eigenvalue weighted by molar-refractivity contribution is 14.0. The Morgan fingerprint density at radius 2 is 2.05 bits per heavy atom. The highest BCUT2D eigenvalue weighted by Crippen LogP contribution is 2.11. The fourth-order valence-corrected chi connectivity index (χ4v) is 2.66. The molecule has 0 radical (unpaired) electrons. The number of rotatable bonds is 11. The second-order valence-electron chi connectivity index (χ2n) is 5.19. The van der Waals surface area contributed by atoms with Gasteiger partial charge in [-0.1, -0.05) is 0 Å². The Morgan fingerprint density at radius 3 is 2.68 bits per heavy atom. The molecule has 0 amide bonds. The van der Waals surface area contributed by atoms with Gasteiger partial charge in [0.05, 0.1) is 12.7 Å². The quantitative estimate of drug-likeness (QED) is 0.222. The van der Waals surface area contributed by atoms with E-state index in [0.29, 0.717) is 6.10 Å². The first-order valence-electron chi connectivity index (χ1n) is 7.99. The molecule has 5 nitrogen and oxygen atoms in total. The highest BCUT2D eigenvalue weighted by Gasteiger charge is 2.14. The monoisotopic (exact) mass is 445 g/mol. The predicted molar refractivity (Wildman–Crippen MR) is 107 cm³/mol. The summed E-state index contributed by atoms with van der Waals surface area (Å²) in [6.07, 6.45) is 8.22. The van der Waals surface area contributed by atoms with Gasteiger partial charge in [-0.25, -0.2) is 0 Å². The van der Waals surface area contributed by atoms with Crippen LogP contribution in [0.25, 0.3) is 0 Å². The lowest BCUT2D eigenvalue weighted by atomic mass is 10.2. The summed E-state index contributed by atoms with van der Waals surface area (Å²) < 4.78 is 11.1. The number of unbranched alkanes of at least 4 members (excludes halogenated alkanes) is 1. The van der Waals surface area contributed by atoms with Crippen LogP contribution in [0, 0.1) is 0 Å². The number of nitrogens with zero attached hydrogens (tertiary/aromatic N) is 1. The maximum atomic E-state index is 5.63. The summed E-state index contributed by atoms with van der Waals surface area (Å²) in [5.41, 5.74) is 0. The summed E-state index contributed by atoms with van der Waals surface area (Å²) in [4.78, 5) is 4.22. The van der Waals surface area contributed by atoms with Crippen LogP contribution in [0.4, 0.5) is 0 Å². The van der Waals surface area contributed by atoms with Crippen LogP contribution in [0.2, 0.25) is 0 Å². The van der Waals surface area contributed by atoms with E-state index in [4.69, 9.17) is 9.47 Å². The molecule has 1 unspecified atom stereocenters. The molecule has 1 fully saturated rings. The van der Waals surface area contributed by atoms with Crippen LogP contribution < -0.4 is 10.6 Å². The van der Waals surface area contributed by atoms with Crippen molar-refractivity contribution in [1.29, 1.82) is 0 Å². The second kappa shape index (κ2) is 16.1. The first-order valence-corrected chi connectivity index (χ1v) is 9.39. The Morgan fingerprint density at radius 1 is 1.27 bits per heavy atom. The van der Waals surface area contributed by atoms with Crippen molar-refractivity contribution in [2.45, 2.75) is 38.2 Å². The first-order chi connectivity index (χ1) is 10.4. The van der Waals surface area contributed by atoms with E-state index < -0.39 is 0 Å². The van der Waals surface area contributed by atoms with E-state index in [1.165, 1.54) is 25.0 Å². The van der Waals surface area contributed by atoms with E-state index in [1.54, 1.807) is 0 Å². The Bertz CT molecular complexity index is 278. The van der Waals surface area contributed by atoms with E-state index in [9.17, 15) is 0 Å². The minimum atomic E-state index is 0. The van der Waals surface area contributed by atoms with Gasteiger partial charge in [-0.2, -0.15) is 11.8 Å². The number of guanidine groups is 1. The Kier molecular flexibility index (Phi) is 16.3. The number of aliphatic imine (C=N–C) groups is 1. The molecule has 0 spiro atoms. The van der Waals surface area contributed by atoms with Gasteiger partial charge >= 0.3 is 0 Å². The number of halogens is 1. The van der Waals surface area contributed by atoms with Gasteiger partial charge in [0.1, 0.15) is 0 Å². The number of hydrogen-bond acceptors (Lipinski definition) is 4. The number of nitrogens with one attached hydrogen (secondary N) is 2. The maximum absolute atomic E-state index is 5.63. The molecule has 0 saturated carbocycles. The normalized spacial score (nSPS) is 18.1. The highest BCUT2D eigenvalue weighted by atomic mass is 127. The molecular formula is C15H32IN3O2S. The largest absolute Gasteiger partial charge is 0.379 e. The summed E-state index contributed by atoms with van der Waals surface area (Å²) in [5.74, 6) is 2.12. The lowest BCUT2D eigenvalue weighted by Crippen LogP contribution is -2.38. The van der Waals surface area contributed by atoms with Gasteiger partial charge in [0.25, 0.3) is 0 Å². The van der Waals surface area contributed by atoms with Gasteiger partial charge in [-0.05, 0) is 44.1 Å². The van der Waals surface area contributed by atoms with Crippen molar-refractivity contribution in [2.75, 3.05) is 52.0 Å². The third-order valence-electron chi connectivity index (χ3n) is 3.38. The van der Waals surface area contributed by atoms with Crippen molar-refractivity contribution in [3.63, 3.8) is 0 Å². The number of ether oxygens (including phenoxy) is 2. The molecule has 0 bridgehead atoms. The number of hydrogen-bond donors (Lipinski definition) is 2. The summed E-state index contributed by atoms with van der Waals surface area (Å²) >= 11 is 1.90. The van der Waals surface area contributed by atoms with Crippen LogP contribution in [-0.2, 0) is 9.47 Å². The van der Waals surface area contributed by atoms with E-state index in [-0.39, 0.29) is 24.0 Å². The Labute approximate surface area is 156 Å². The number of thioether (sulfide) groups is 1. The van der Waals surface area contributed by atoms with Gasteiger partial charge in [0.15, 0.2) is 5.96 Å². The van der Waals surface area contributed by atoms with Crippen LogP contribution in [0.3, 0.4) is 0 Å². The molecule has 1 rings (SSSR count). The molecule has 1 aliphatic heterocycles. The zero-order valence-corrected chi connectivity index (χ0v) is 17.1. The van der Waals surface area contributed by atoms with Gasteiger partial charge in [-0.3, -0.25) is 4.99 Å². The van der Waals surface area contributed by atoms with Gasteiger partial charge in [0, 0.05) is 33.4 Å². The van der Waals surface area contributed by atoms with Crippen LogP contribution in [0.5, 0.6) is 0 Å². The van der Waals surface area contributed by atoms with Crippen molar-refractivity contribution in [1.82, 2.24) is 10.6 Å². The molecule has 1 atom stereocenters. The zero-order valence-electron chi connectivity index (χ0n) is 13.9. The van der Waals surface area contributed by atoms with Crippen molar-refractivity contribution >= 4 is 41.7 Å². The van der Waals surface area contributed by atoms with Crippen molar-refractivity contribution < 1.29 is 9.47 Å². The van der Waals surface area contributed by atoms with Crippen molar-refractivity contribution in [2.24, 2.45) is 4.99 Å². The van der Waals surface area contributed by atoms with Gasteiger partial charge in [0.2, 0.25) is 0 Å². The van der Waals surface area contributed by atoms with Crippen molar-refractivity contribution in [3.05, 3.63) is 0 Å². The lowest BCUT2D eigenvalue weighted by molar-refractivity contribution is 0.0168. The third-order valence-corrected chi connectivity index (χ3v) is 4.07. The first kappa shape index (κ1) is 22.3. The Hall–Kier alpha value is 0.270. The SMILES string of the molecule is CN=C(NCCCCSC)NCCCOCC1CCCO1.I. The smallest absolute Gasteiger partial charge is 0.190 e. The van der Waals surface area contributed by atoms with Crippen LogP contribution in [0.15, 0.2) is 4.99 Å². The van der Waals surface area contributed by atoms with E-state index in [1.807, 2.05) is 18.8 Å². The van der Waals surface area contributed by atoms with Crippen LogP contribution in [0.1, 0.15) is 32.1 Å². The molecule has 1 saturated heterocycles. The van der Waals surface area contributed by atoms with E-state index >= 15 is 0 Å². The summed E-state index contributed by atoms with van der Waals surface area (Å²) in [5, 5.41) is 6.64. The lowest BCUT2D eigenvalue weighted by Gasteiger charge is -2.13. The average Bonchev–Trinajstić information content (AvgIpc) is 3.01. The molecule has 132 valence electrons. The molecular weight excluding hydrogens is 413 g/mol. The molecule has 1 heterocycles. The minimum absolute atomic E-state index is 0. The maximum Gasteiger partial charge on any atom is 0.190 e. The van der Waals surface area contributed by atoms with E-state index in [2.05, 4.69) is 21.9 Å². The third kappa shape index (κ3) is 11.8. The molecule has 0 aliphatic carbocycles. The zero-order chi connectivity index (χ0) is 15.2. The van der Waals surface area contributed by atoms with Crippen LogP contribution >= 0.6 is 35.7 Å². The fraction of sp³-hybridized carbons (Fsp3) is 0.933. The second-order valence-corrected chi connectivity index (χ2v) is 6.17. The molecule has 22 heavy (non-hydrogen) atoms. The summed E-state index contributed by atoms with van der Waals surface area (Å²) in [6, 6.07) is 0. The van der Waals surface area contributed by atoms with Crippen LogP contribution in [-0.4, -0.2) is 64.0 Å². The molecule has 0 aromatic heterocycles. The molecule has 0 aromatic rings. The minimum Gasteiger partial charge on any atom is -0.379 e.